The molecule has 6 heteroatoms. The van der Waals surface area contributed by atoms with Crippen molar-refractivity contribution >= 4 is 16.1 Å². The fourth-order valence-electron chi connectivity index (χ4n) is 1.56. The smallest absolute Gasteiger partial charge is 0.233 e. The van der Waals surface area contributed by atoms with Crippen LogP contribution in [0.2, 0.25) is 0 Å². The summed E-state index contributed by atoms with van der Waals surface area (Å²) in [4.78, 5) is 0. The van der Waals surface area contributed by atoms with E-state index in [1.54, 1.807) is 18.2 Å². The summed E-state index contributed by atoms with van der Waals surface area (Å²) in [6, 6.07) is 10.7. The number of nitrogens with one attached hydrogen (secondary N) is 1. The predicted octanol–water partition coefficient (Wildman–Crippen LogP) is 1.90. The van der Waals surface area contributed by atoms with E-state index in [0.717, 1.165) is 11.0 Å². The molecule has 0 saturated heterocycles. The molecule has 106 valence electrons. The van der Waals surface area contributed by atoms with Crippen molar-refractivity contribution in [1.82, 2.24) is 4.72 Å². The van der Waals surface area contributed by atoms with E-state index >= 15 is 0 Å². The molecule has 0 bridgehead atoms. The number of hydrogen-bond acceptors (Lipinski definition) is 4. The van der Waals surface area contributed by atoms with Gasteiger partial charge in [0.1, 0.15) is 0 Å². The van der Waals surface area contributed by atoms with Crippen molar-refractivity contribution in [3.8, 4) is 0 Å². The van der Waals surface area contributed by atoms with Gasteiger partial charge in [0.15, 0.2) is 0 Å². The van der Waals surface area contributed by atoms with Crippen LogP contribution in [0.1, 0.15) is 17.2 Å². The van der Waals surface area contributed by atoms with Gasteiger partial charge in [-0.15, -0.1) is 0 Å². The SMILES string of the molecule is O=S(=O)(/C=C/c1ccccc1)NC[C@@H](O)c1ccoc1. The predicted molar refractivity (Wildman–Crippen MR) is 76.1 cm³/mol. The third kappa shape index (κ3) is 4.34. The molecule has 20 heavy (non-hydrogen) atoms. The third-order valence-electron chi connectivity index (χ3n) is 2.65. The van der Waals surface area contributed by atoms with Gasteiger partial charge in [-0.1, -0.05) is 30.3 Å². The van der Waals surface area contributed by atoms with Gasteiger partial charge in [0.05, 0.1) is 18.6 Å². The Morgan fingerprint density at radius 2 is 2.00 bits per heavy atom. The average Bonchev–Trinajstić information content (AvgIpc) is 2.98. The number of benzene rings is 1. The summed E-state index contributed by atoms with van der Waals surface area (Å²) in [5.41, 5.74) is 1.31. The van der Waals surface area contributed by atoms with Gasteiger partial charge in [-0.3, -0.25) is 0 Å². The van der Waals surface area contributed by atoms with Gasteiger partial charge >= 0.3 is 0 Å². The molecule has 5 nitrogen and oxygen atoms in total. The Balaban J connectivity index is 1.93. The Morgan fingerprint density at radius 3 is 2.65 bits per heavy atom. The Hall–Kier alpha value is -1.89. The molecule has 2 aromatic rings. The fraction of sp³-hybridized carbons (Fsp3) is 0.143. The molecule has 0 amide bonds. The zero-order valence-electron chi connectivity index (χ0n) is 10.6. The Morgan fingerprint density at radius 1 is 1.25 bits per heavy atom. The average molecular weight is 293 g/mol. The second kappa shape index (κ2) is 6.51. The first-order valence-electron chi connectivity index (χ1n) is 6.00. The van der Waals surface area contributed by atoms with Crippen LogP contribution in [-0.2, 0) is 10.0 Å². The van der Waals surface area contributed by atoms with Crippen LogP contribution in [-0.4, -0.2) is 20.1 Å². The van der Waals surface area contributed by atoms with Crippen LogP contribution in [0.4, 0.5) is 0 Å². The highest BCUT2D eigenvalue weighted by molar-refractivity contribution is 7.92. The molecule has 0 unspecified atom stereocenters. The van der Waals surface area contributed by atoms with Crippen molar-refractivity contribution in [2.45, 2.75) is 6.10 Å². The Kier molecular flexibility index (Phi) is 4.73. The molecule has 1 heterocycles. The third-order valence-corrected chi connectivity index (χ3v) is 3.71. The summed E-state index contributed by atoms with van der Waals surface area (Å²) in [5, 5.41) is 10.8. The van der Waals surface area contributed by atoms with Gasteiger partial charge in [-0.2, -0.15) is 0 Å². The number of aliphatic hydroxyl groups excluding tert-OH is 1. The second-order valence-electron chi connectivity index (χ2n) is 4.18. The molecule has 0 aliphatic rings. The molecule has 1 atom stereocenters. The molecule has 1 aromatic heterocycles. The lowest BCUT2D eigenvalue weighted by molar-refractivity contribution is 0.181. The van der Waals surface area contributed by atoms with E-state index in [9.17, 15) is 13.5 Å². The van der Waals surface area contributed by atoms with E-state index < -0.39 is 16.1 Å². The van der Waals surface area contributed by atoms with Gasteiger partial charge in [-0.05, 0) is 17.7 Å². The molecule has 0 saturated carbocycles. The first-order chi connectivity index (χ1) is 9.57. The number of rotatable bonds is 6. The first-order valence-corrected chi connectivity index (χ1v) is 7.54. The molecular weight excluding hydrogens is 278 g/mol. The van der Waals surface area contributed by atoms with Crippen molar-refractivity contribution in [1.29, 1.82) is 0 Å². The highest BCUT2D eigenvalue weighted by Crippen LogP contribution is 2.12. The maximum atomic E-state index is 11.7. The van der Waals surface area contributed by atoms with Gasteiger partial charge in [0, 0.05) is 17.5 Å². The zero-order valence-corrected chi connectivity index (χ0v) is 11.5. The molecule has 0 fully saturated rings. The van der Waals surface area contributed by atoms with Gasteiger partial charge in [0.25, 0.3) is 0 Å². The molecule has 0 spiro atoms. The normalized spacial score (nSPS) is 13.7. The minimum absolute atomic E-state index is 0.110. The molecule has 2 rings (SSSR count). The monoisotopic (exact) mass is 293 g/mol. The molecule has 0 aliphatic carbocycles. The number of hydrogen-bond donors (Lipinski definition) is 2. The van der Waals surface area contributed by atoms with E-state index in [2.05, 4.69) is 4.72 Å². The Bertz CT molecular complexity index is 648. The highest BCUT2D eigenvalue weighted by atomic mass is 32.2. The van der Waals surface area contributed by atoms with Crippen molar-refractivity contribution in [2.75, 3.05) is 6.54 Å². The number of sulfonamides is 1. The van der Waals surface area contributed by atoms with Gasteiger partial charge < -0.3 is 9.52 Å². The summed E-state index contributed by atoms with van der Waals surface area (Å²) in [6.07, 6.45) is 3.35. The molecular formula is C14H15NO4S. The van der Waals surface area contributed by atoms with E-state index in [1.807, 2.05) is 18.2 Å². The largest absolute Gasteiger partial charge is 0.472 e. The minimum Gasteiger partial charge on any atom is -0.472 e. The van der Waals surface area contributed by atoms with Crippen LogP contribution in [0.25, 0.3) is 6.08 Å². The second-order valence-corrected chi connectivity index (χ2v) is 5.83. The summed E-state index contributed by atoms with van der Waals surface area (Å²) in [6.45, 7) is -0.110. The van der Waals surface area contributed by atoms with Crippen LogP contribution in [0, 0.1) is 0 Å². The number of aliphatic hydroxyl groups is 1. The lowest BCUT2D eigenvalue weighted by Gasteiger charge is -2.08. The zero-order chi connectivity index (χ0) is 14.4. The Labute approximate surface area is 117 Å². The van der Waals surface area contributed by atoms with Crippen LogP contribution in [0.5, 0.6) is 0 Å². The van der Waals surface area contributed by atoms with Crippen LogP contribution >= 0.6 is 0 Å². The van der Waals surface area contributed by atoms with E-state index in [-0.39, 0.29) is 6.54 Å². The molecule has 0 aliphatic heterocycles. The summed E-state index contributed by atoms with van der Waals surface area (Å²) < 4.78 is 30.6. The van der Waals surface area contributed by atoms with Gasteiger partial charge in [0.2, 0.25) is 10.0 Å². The van der Waals surface area contributed by atoms with Crippen LogP contribution in [0.3, 0.4) is 0 Å². The number of furan rings is 1. The molecule has 0 radical (unpaired) electrons. The fourth-order valence-corrected chi connectivity index (χ4v) is 2.38. The lowest BCUT2D eigenvalue weighted by atomic mass is 10.2. The van der Waals surface area contributed by atoms with Crippen molar-refractivity contribution < 1.29 is 17.9 Å². The highest BCUT2D eigenvalue weighted by Gasteiger charge is 2.12. The van der Waals surface area contributed by atoms with Crippen LogP contribution in [0.15, 0.2) is 58.7 Å². The summed E-state index contributed by atoms with van der Waals surface area (Å²) in [5.74, 6) is 0. The van der Waals surface area contributed by atoms with E-state index in [1.165, 1.54) is 18.6 Å². The molecule has 1 aromatic carbocycles. The lowest BCUT2D eigenvalue weighted by Crippen LogP contribution is -2.26. The topological polar surface area (TPSA) is 79.5 Å². The van der Waals surface area contributed by atoms with E-state index in [4.69, 9.17) is 4.42 Å². The van der Waals surface area contributed by atoms with Crippen molar-refractivity contribution in [2.24, 2.45) is 0 Å². The maximum Gasteiger partial charge on any atom is 0.233 e. The first kappa shape index (κ1) is 14.5. The van der Waals surface area contributed by atoms with E-state index in [0.29, 0.717) is 5.56 Å². The standard InChI is InChI=1S/C14H15NO4S/c16-14(13-6-8-19-11-13)10-15-20(17,18)9-7-12-4-2-1-3-5-12/h1-9,11,14-16H,10H2/b9-7+/t14-/m1/s1. The van der Waals surface area contributed by atoms with Crippen molar-refractivity contribution in [3.63, 3.8) is 0 Å². The van der Waals surface area contributed by atoms with Crippen LogP contribution < -0.4 is 4.72 Å². The quantitative estimate of drug-likeness (QED) is 0.852. The summed E-state index contributed by atoms with van der Waals surface area (Å²) >= 11 is 0. The van der Waals surface area contributed by atoms with Gasteiger partial charge in [-0.25, -0.2) is 13.1 Å². The summed E-state index contributed by atoms with van der Waals surface area (Å²) in [7, 11) is -3.59. The molecule has 2 N–H and O–H groups in total. The van der Waals surface area contributed by atoms with Crippen molar-refractivity contribution in [3.05, 3.63) is 65.5 Å². The maximum absolute atomic E-state index is 11.7. The minimum atomic E-state index is -3.59.